The Morgan fingerprint density at radius 2 is 2.16 bits per heavy atom. The molecule has 3 N–H and O–H groups in total. The van der Waals surface area contributed by atoms with E-state index in [-0.39, 0.29) is 5.75 Å². The lowest BCUT2D eigenvalue weighted by Crippen LogP contribution is -2.29. The van der Waals surface area contributed by atoms with Gasteiger partial charge < -0.3 is 15.5 Å². The smallest absolute Gasteiger partial charge is 0.418 e. The molecule has 134 valence electrons. The first-order chi connectivity index (χ1) is 12.1. The van der Waals surface area contributed by atoms with Crippen LogP contribution in [0.4, 0.5) is 15.6 Å². The Balaban J connectivity index is 1.96. The van der Waals surface area contributed by atoms with Gasteiger partial charge in [0.25, 0.3) is 0 Å². The van der Waals surface area contributed by atoms with Crippen molar-refractivity contribution in [2.75, 3.05) is 18.0 Å². The van der Waals surface area contributed by atoms with Crippen molar-refractivity contribution in [1.82, 2.24) is 10.3 Å². The summed E-state index contributed by atoms with van der Waals surface area (Å²) in [4.78, 5) is 17.6. The highest BCUT2D eigenvalue weighted by Crippen LogP contribution is 2.35. The van der Waals surface area contributed by atoms with Crippen LogP contribution in [0.3, 0.4) is 0 Å². The maximum Gasteiger partial charge on any atom is 0.418 e. The molecule has 0 aliphatic carbocycles. The fourth-order valence-electron chi connectivity index (χ4n) is 3.20. The molecule has 0 radical (unpaired) electrons. The molecule has 1 aliphatic rings. The standard InChI is InChI=1S/C18H23N3O3S/c1-2-14-11-25-17(20-14)21(18(23)24)16-4-3-15(22)10-13(16)9-12-5-7-19-8-6-12/h3-4,10-12,19,22H,2,5-9H2,1H3,(H,23,24). The molecule has 0 spiro atoms. The van der Waals surface area contributed by atoms with Crippen molar-refractivity contribution in [3.05, 3.63) is 34.8 Å². The third-order valence-electron chi connectivity index (χ3n) is 4.56. The summed E-state index contributed by atoms with van der Waals surface area (Å²) in [7, 11) is 0. The van der Waals surface area contributed by atoms with Crippen molar-refractivity contribution in [3.8, 4) is 5.75 Å². The molecule has 2 aromatic rings. The van der Waals surface area contributed by atoms with Crippen LogP contribution in [0.25, 0.3) is 0 Å². The number of amides is 1. The summed E-state index contributed by atoms with van der Waals surface area (Å²) in [5, 5.41) is 25.4. The average Bonchev–Trinajstić information content (AvgIpc) is 3.06. The molecular weight excluding hydrogens is 338 g/mol. The number of aryl methyl sites for hydroxylation is 1. The van der Waals surface area contributed by atoms with Gasteiger partial charge in [0.2, 0.25) is 0 Å². The minimum absolute atomic E-state index is 0.159. The van der Waals surface area contributed by atoms with E-state index in [0.29, 0.717) is 16.7 Å². The van der Waals surface area contributed by atoms with Gasteiger partial charge in [-0.2, -0.15) is 0 Å². The molecule has 0 atom stereocenters. The molecule has 2 heterocycles. The Hall–Kier alpha value is -2.12. The molecule has 0 saturated carbocycles. The van der Waals surface area contributed by atoms with Crippen LogP contribution in [0.1, 0.15) is 31.0 Å². The number of benzene rings is 1. The Bertz CT molecular complexity index is 741. The number of hydrogen-bond donors (Lipinski definition) is 3. The number of piperidine rings is 1. The number of rotatable bonds is 5. The maximum atomic E-state index is 11.9. The summed E-state index contributed by atoms with van der Waals surface area (Å²) in [6.45, 7) is 3.95. The first kappa shape index (κ1) is 17.7. The lowest BCUT2D eigenvalue weighted by Gasteiger charge is -2.25. The van der Waals surface area contributed by atoms with Gasteiger partial charge in [-0.1, -0.05) is 6.92 Å². The van der Waals surface area contributed by atoms with Crippen molar-refractivity contribution in [2.45, 2.75) is 32.6 Å². The summed E-state index contributed by atoms with van der Waals surface area (Å²) >= 11 is 1.33. The van der Waals surface area contributed by atoms with E-state index in [1.807, 2.05) is 12.3 Å². The Kier molecular flexibility index (Phi) is 5.55. The molecular formula is C18H23N3O3S. The molecule has 25 heavy (non-hydrogen) atoms. The number of aromatic hydroxyl groups is 1. The van der Waals surface area contributed by atoms with Gasteiger partial charge in [-0.15, -0.1) is 11.3 Å². The zero-order valence-electron chi connectivity index (χ0n) is 14.2. The normalized spacial score (nSPS) is 15.2. The molecule has 1 aliphatic heterocycles. The number of phenols is 1. The first-order valence-electron chi connectivity index (χ1n) is 8.58. The second kappa shape index (κ2) is 7.84. The summed E-state index contributed by atoms with van der Waals surface area (Å²) in [6.07, 6.45) is 2.57. The second-order valence-corrected chi connectivity index (χ2v) is 7.14. The van der Waals surface area contributed by atoms with E-state index in [1.54, 1.807) is 12.1 Å². The van der Waals surface area contributed by atoms with Gasteiger partial charge in [-0.25, -0.2) is 14.7 Å². The fraction of sp³-hybridized carbons (Fsp3) is 0.444. The lowest BCUT2D eigenvalue weighted by molar-refractivity contribution is 0.204. The van der Waals surface area contributed by atoms with E-state index < -0.39 is 6.09 Å². The lowest BCUT2D eigenvalue weighted by atomic mass is 9.90. The van der Waals surface area contributed by atoms with Gasteiger partial charge in [-0.3, -0.25) is 0 Å². The van der Waals surface area contributed by atoms with E-state index >= 15 is 0 Å². The van der Waals surface area contributed by atoms with Crippen LogP contribution >= 0.6 is 11.3 Å². The number of aromatic nitrogens is 1. The maximum absolute atomic E-state index is 11.9. The van der Waals surface area contributed by atoms with Gasteiger partial charge in [0, 0.05) is 5.38 Å². The summed E-state index contributed by atoms with van der Waals surface area (Å²) in [6, 6.07) is 4.89. The highest BCUT2D eigenvalue weighted by atomic mass is 32.1. The number of thiazole rings is 1. The van der Waals surface area contributed by atoms with Crippen LogP contribution < -0.4 is 10.2 Å². The molecule has 0 unspecified atom stereocenters. The molecule has 6 nitrogen and oxygen atoms in total. The summed E-state index contributed by atoms with van der Waals surface area (Å²) in [5.74, 6) is 0.645. The van der Waals surface area contributed by atoms with Crippen LogP contribution in [0.2, 0.25) is 0 Å². The molecule has 1 saturated heterocycles. The molecule has 7 heteroatoms. The third-order valence-corrected chi connectivity index (χ3v) is 5.43. The first-order valence-corrected chi connectivity index (χ1v) is 9.46. The molecule has 1 fully saturated rings. The van der Waals surface area contributed by atoms with Gasteiger partial charge in [0.15, 0.2) is 5.13 Å². The van der Waals surface area contributed by atoms with Gasteiger partial charge >= 0.3 is 6.09 Å². The fourth-order valence-corrected chi connectivity index (χ4v) is 4.11. The van der Waals surface area contributed by atoms with Crippen molar-refractivity contribution >= 4 is 28.2 Å². The van der Waals surface area contributed by atoms with E-state index in [1.165, 1.54) is 22.3 Å². The number of carboxylic acid groups (broad SMARTS) is 1. The number of carbonyl (C=O) groups is 1. The molecule has 3 rings (SSSR count). The van der Waals surface area contributed by atoms with E-state index in [2.05, 4.69) is 10.3 Å². The molecule has 1 aromatic carbocycles. The van der Waals surface area contributed by atoms with Crippen LogP contribution in [0.15, 0.2) is 23.6 Å². The molecule has 1 aromatic heterocycles. The highest BCUT2D eigenvalue weighted by Gasteiger charge is 2.25. The quantitative estimate of drug-likeness (QED) is 0.755. The Labute approximate surface area is 151 Å². The second-order valence-electron chi connectivity index (χ2n) is 6.30. The predicted molar refractivity (Wildman–Crippen MR) is 99.1 cm³/mol. The molecule has 0 bridgehead atoms. The van der Waals surface area contributed by atoms with Gasteiger partial charge in [0.05, 0.1) is 11.4 Å². The monoisotopic (exact) mass is 361 g/mol. The van der Waals surface area contributed by atoms with E-state index in [0.717, 1.165) is 50.0 Å². The zero-order chi connectivity index (χ0) is 17.8. The SMILES string of the molecule is CCc1csc(N(C(=O)O)c2ccc(O)cc2CC2CCNCC2)n1. The topological polar surface area (TPSA) is 85.7 Å². The Morgan fingerprint density at radius 3 is 2.80 bits per heavy atom. The largest absolute Gasteiger partial charge is 0.508 e. The average molecular weight is 361 g/mol. The van der Waals surface area contributed by atoms with Crippen LogP contribution in [-0.2, 0) is 12.8 Å². The van der Waals surface area contributed by atoms with E-state index in [9.17, 15) is 15.0 Å². The number of nitrogens with one attached hydrogen (secondary N) is 1. The van der Waals surface area contributed by atoms with Crippen LogP contribution in [-0.4, -0.2) is 34.4 Å². The van der Waals surface area contributed by atoms with Crippen molar-refractivity contribution in [1.29, 1.82) is 0 Å². The number of anilines is 2. The number of phenolic OH excluding ortho intramolecular Hbond substituents is 1. The minimum atomic E-state index is -1.06. The highest BCUT2D eigenvalue weighted by molar-refractivity contribution is 7.14. The van der Waals surface area contributed by atoms with Gasteiger partial charge in [0.1, 0.15) is 5.75 Å². The molecule has 1 amide bonds. The number of hydrogen-bond acceptors (Lipinski definition) is 5. The summed E-state index contributed by atoms with van der Waals surface area (Å²) < 4.78 is 0. The van der Waals surface area contributed by atoms with Gasteiger partial charge in [-0.05, 0) is 68.5 Å². The zero-order valence-corrected chi connectivity index (χ0v) is 15.1. The number of nitrogens with zero attached hydrogens (tertiary/aromatic N) is 2. The third kappa shape index (κ3) is 4.11. The van der Waals surface area contributed by atoms with Crippen LogP contribution in [0.5, 0.6) is 5.75 Å². The van der Waals surface area contributed by atoms with Crippen LogP contribution in [0, 0.1) is 5.92 Å². The van der Waals surface area contributed by atoms with Crippen molar-refractivity contribution in [3.63, 3.8) is 0 Å². The van der Waals surface area contributed by atoms with E-state index in [4.69, 9.17) is 0 Å². The minimum Gasteiger partial charge on any atom is -0.508 e. The van der Waals surface area contributed by atoms with Crippen molar-refractivity contribution < 1.29 is 15.0 Å². The summed E-state index contributed by atoms with van der Waals surface area (Å²) in [5.41, 5.74) is 2.31. The Morgan fingerprint density at radius 1 is 1.40 bits per heavy atom. The predicted octanol–water partition coefficient (Wildman–Crippen LogP) is 3.77. The van der Waals surface area contributed by atoms with Crippen molar-refractivity contribution in [2.24, 2.45) is 5.92 Å².